The Labute approximate surface area is 106 Å². The van der Waals surface area contributed by atoms with E-state index in [0.29, 0.717) is 24.3 Å². The van der Waals surface area contributed by atoms with Gasteiger partial charge < -0.3 is 14.7 Å². The predicted molar refractivity (Wildman–Crippen MR) is 67.0 cm³/mol. The molecule has 3 nitrogen and oxygen atoms in total. The quantitative estimate of drug-likeness (QED) is 0.873. The molecule has 3 rings (SSSR count). The summed E-state index contributed by atoms with van der Waals surface area (Å²) in [5, 5.41) is 9.16. The second kappa shape index (κ2) is 4.86. The summed E-state index contributed by atoms with van der Waals surface area (Å²) in [5.74, 6) is -0.280. The minimum Gasteiger partial charge on any atom is -0.392 e. The summed E-state index contributed by atoms with van der Waals surface area (Å²) in [7, 11) is 0. The minimum absolute atomic E-state index is 0.122. The summed E-state index contributed by atoms with van der Waals surface area (Å²) in [6.45, 7) is 1.38. The number of anilines is 1. The van der Waals surface area contributed by atoms with Crippen LogP contribution in [0.4, 0.5) is 10.1 Å². The summed E-state index contributed by atoms with van der Waals surface area (Å²) >= 11 is 0. The van der Waals surface area contributed by atoms with Gasteiger partial charge in [-0.25, -0.2) is 4.39 Å². The summed E-state index contributed by atoms with van der Waals surface area (Å²) in [4.78, 5) is 2.24. The smallest absolute Gasteiger partial charge is 0.125 e. The Morgan fingerprint density at radius 1 is 1.33 bits per heavy atom. The van der Waals surface area contributed by atoms with Crippen molar-refractivity contribution in [2.24, 2.45) is 0 Å². The Morgan fingerprint density at radius 2 is 2.22 bits per heavy atom. The Morgan fingerprint density at radius 3 is 3.06 bits per heavy atom. The van der Waals surface area contributed by atoms with Crippen molar-refractivity contribution in [3.8, 4) is 0 Å². The highest BCUT2D eigenvalue weighted by Crippen LogP contribution is 2.33. The van der Waals surface area contributed by atoms with E-state index in [0.717, 1.165) is 25.1 Å². The van der Waals surface area contributed by atoms with Gasteiger partial charge in [-0.1, -0.05) is 0 Å². The Kier molecular flexibility index (Phi) is 3.22. The van der Waals surface area contributed by atoms with Gasteiger partial charge in [0, 0.05) is 12.2 Å². The van der Waals surface area contributed by atoms with E-state index in [4.69, 9.17) is 9.84 Å². The zero-order valence-corrected chi connectivity index (χ0v) is 10.3. The van der Waals surface area contributed by atoms with Crippen LogP contribution in [0.1, 0.15) is 24.8 Å². The summed E-state index contributed by atoms with van der Waals surface area (Å²) < 4.78 is 19.3. The van der Waals surface area contributed by atoms with Gasteiger partial charge in [0.1, 0.15) is 5.82 Å². The molecule has 1 aliphatic carbocycles. The van der Waals surface area contributed by atoms with Crippen LogP contribution in [0.3, 0.4) is 0 Å². The van der Waals surface area contributed by atoms with Crippen LogP contribution in [0.25, 0.3) is 0 Å². The number of halogens is 1. The van der Waals surface area contributed by atoms with Crippen molar-refractivity contribution in [3.63, 3.8) is 0 Å². The first-order chi connectivity index (χ1) is 8.78. The lowest BCUT2D eigenvalue weighted by Gasteiger charge is -2.39. The molecule has 1 aromatic carbocycles. The molecule has 98 valence electrons. The monoisotopic (exact) mass is 251 g/mol. The van der Waals surface area contributed by atoms with Crippen LogP contribution < -0.4 is 4.90 Å². The molecule has 1 aliphatic heterocycles. The number of hydrogen-bond donors (Lipinski definition) is 1. The standard InChI is InChI=1S/C14H18FNO2/c15-11-6-10(9-17)7-12(8-11)16-4-5-18-14-3-1-2-13(14)16/h6-8,13-14,17H,1-5,9H2. The summed E-state index contributed by atoms with van der Waals surface area (Å²) in [6.07, 6.45) is 3.67. The molecule has 0 radical (unpaired) electrons. The van der Waals surface area contributed by atoms with E-state index in [1.54, 1.807) is 6.07 Å². The fourth-order valence-corrected chi connectivity index (χ4v) is 3.14. The van der Waals surface area contributed by atoms with E-state index in [1.807, 2.05) is 6.07 Å². The molecule has 2 atom stereocenters. The third-order valence-corrected chi connectivity index (χ3v) is 3.94. The number of fused-ring (bicyclic) bond motifs is 1. The average Bonchev–Trinajstić information content (AvgIpc) is 2.85. The average molecular weight is 251 g/mol. The zero-order valence-electron chi connectivity index (χ0n) is 10.3. The second-order valence-corrected chi connectivity index (χ2v) is 5.08. The fraction of sp³-hybridized carbons (Fsp3) is 0.571. The van der Waals surface area contributed by atoms with E-state index in [2.05, 4.69) is 4.90 Å². The molecule has 4 heteroatoms. The van der Waals surface area contributed by atoms with Gasteiger partial charge in [0.25, 0.3) is 0 Å². The molecule has 1 aromatic rings. The van der Waals surface area contributed by atoms with Crippen LogP contribution in [-0.2, 0) is 11.3 Å². The molecule has 0 bridgehead atoms. The minimum atomic E-state index is -0.280. The van der Waals surface area contributed by atoms with Crippen LogP contribution >= 0.6 is 0 Å². The SMILES string of the molecule is OCc1cc(F)cc(N2CCOC3CCCC32)c1. The summed E-state index contributed by atoms with van der Waals surface area (Å²) in [5.41, 5.74) is 1.50. The molecule has 1 heterocycles. The first-order valence-corrected chi connectivity index (χ1v) is 6.56. The van der Waals surface area contributed by atoms with Crippen molar-refractivity contribution in [2.75, 3.05) is 18.1 Å². The van der Waals surface area contributed by atoms with Crippen LogP contribution in [0, 0.1) is 5.82 Å². The Bertz CT molecular complexity index is 438. The molecule has 1 N–H and O–H groups in total. The molecular weight excluding hydrogens is 233 g/mol. The molecule has 18 heavy (non-hydrogen) atoms. The van der Waals surface area contributed by atoms with Gasteiger partial charge in [0.15, 0.2) is 0 Å². The van der Waals surface area contributed by atoms with Gasteiger partial charge >= 0.3 is 0 Å². The van der Waals surface area contributed by atoms with E-state index >= 15 is 0 Å². The first kappa shape index (κ1) is 11.9. The first-order valence-electron chi connectivity index (χ1n) is 6.56. The van der Waals surface area contributed by atoms with Gasteiger partial charge in [-0.15, -0.1) is 0 Å². The van der Waals surface area contributed by atoms with E-state index in [1.165, 1.54) is 12.5 Å². The van der Waals surface area contributed by atoms with Crippen LogP contribution in [0.5, 0.6) is 0 Å². The number of rotatable bonds is 2. The van der Waals surface area contributed by atoms with Crippen LogP contribution in [0.2, 0.25) is 0 Å². The third kappa shape index (κ3) is 2.10. The number of benzene rings is 1. The van der Waals surface area contributed by atoms with E-state index < -0.39 is 0 Å². The molecule has 2 aliphatic rings. The molecule has 0 spiro atoms. The topological polar surface area (TPSA) is 32.7 Å². The molecule has 1 saturated heterocycles. The highest BCUT2D eigenvalue weighted by Gasteiger charge is 2.36. The lowest BCUT2D eigenvalue weighted by Crippen LogP contribution is -2.48. The van der Waals surface area contributed by atoms with Crippen LogP contribution in [-0.4, -0.2) is 30.4 Å². The molecule has 2 unspecified atom stereocenters. The number of ether oxygens (including phenoxy) is 1. The lowest BCUT2D eigenvalue weighted by molar-refractivity contribution is 0.0256. The maximum atomic E-state index is 13.5. The third-order valence-electron chi connectivity index (χ3n) is 3.94. The van der Waals surface area contributed by atoms with Gasteiger partial charge in [0.05, 0.1) is 25.4 Å². The Hall–Kier alpha value is -1.13. The molecule has 0 amide bonds. The molecule has 2 fully saturated rings. The normalized spacial score (nSPS) is 27.3. The maximum absolute atomic E-state index is 13.5. The van der Waals surface area contributed by atoms with Gasteiger partial charge in [-0.05, 0) is 43.0 Å². The van der Waals surface area contributed by atoms with E-state index in [9.17, 15) is 4.39 Å². The van der Waals surface area contributed by atoms with Crippen molar-refractivity contribution in [1.29, 1.82) is 0 Å². The van der Waals surface area contributed by atoms with Crippen molar-refractivity contribution in [2.45, 2.75) is 38.0 Å². The van der Waals surface area contributed by atoms with Crippen molar-refractivity contribution < 1.29 is 14.2 Å². The number of aliphatic hydroxyl groups excluding tert-OH is 1. The van der Waals surface area contributed by atoms with E-state index in [-0.39, 0.29) is 12.4 Å². The molecule has 1 saturated carbocycles. The highest BCUT2D eigenvalue weighted by atomic mass is 19.1. The van der Waals surface area contributed by atoms with Gasteiger partial charge in [-0.3, -0.25) is 0 Å². The largest absolute Gasteiger partial charge is 0.392 e. The van der Waals surface area contributed by atoms with Crippen LogP contribution in [0.15, 0.2) is 18.2 Å². The molecular formula is C14H18FNO2. The zero-order chi connectivity index (χ0) is 12.5. The summed E-state index contributed by atoms with van der Waals surface area (Å²) in [6, 6.07) is 5.19. The number of hydrogen-bond acceptors (Lipinski definition) is 3. The van der Waals surface area contributed by atoms with Gasteiger partial charge in [-0.2, -0.15) is 0 Å². The molecule has 0 aromatic heterocycles. The number of morpholine rings is 1. The van der Waals surface area contributed by atoms with Gasteiger partial charge in [0.2, 0.25) is 0 Å². The number of nitrogens with zero attached hydrogens (tertiary/aromatic N) is 1. The number of aliphatic hydroxyl groups is 1. The predicted octanol–water partition coefficient (Wildman–Crippen LogP) is 2.08. The maximum Gasteiger partial charge on any atom is 0.125 e. The highest BCUT2D eigenvalue weighted by molar-refractivity contribution is 5.51. The van der Waals surface area contributed by atoms with Crippen molar-refractivity contribution in [3.05, 3.63) is 29.6 Å². The fourth-order valence-electron chi connectivity index (χ4n) is 3.14. The van der Waals surface area contributed by atoms with Crippen molar-refractivity contribution >= 4 is 5.69 Å². The lowest BCUT2D eigenvalue weighted by atomic mass is 10.1. The van der Waals surface area contributed by atoms with Crippen molar-refractivity contribution in [1.82, 2.24) is 0 Å². The Balaban J connectivity index is 1.90. The second-order valence-electron chi connectivity index (χ2n) is 5.08.